The van der Waals surface area contributed by atoms with E-state index >= 15 is 0 Å². The molecule has 0 spiro atoms. The molecule has 0 saturated carbocycles. The molecule has 2 aliphatic heterocycles. The zero-order valence-electron chi connectivity index (χ0n) is 13.3. The van der Waals surface area contributed by atoms with Crippen LogP contribution in [0, 0.1) is 6.92 Å². The number of likely N-dealkylation sites (tertiary alicyclic amines) is 1. The molecule has 0 aliphatic carbocycles. The van der Waals surface area contributed by atoms with Crippen LogP contribution in [-0.2, 0) is 16.5 Å². The first-order chi connectivity index (χ1) is 10.3. The van der Waals surface area contributed by atoms with Crippen LogP contribution >= 0.6 is 0 Å². The van der Waals surface area contributed by atoms with E-state index in [9.17, 15) is 0 Å². The van der Waals surface area contributed by atoms with E-state index in [1.807, 2.05) is 17.9 Å². The normalized spacial score (nSPS) is 27.3. The van der Waals surface area contributed by atoms with Crippen molar-refractivity contribution in [1.82, 2.24) is 14.7 Å². The number of aromatic nitrogens is 2. The van der Waals surface area contributed by atoms with Gasteiger partial charge in [0.15, 0.2) is 6.29 Å². The van der Waals surface area contributed by atoms with Crippen molar-refractivity contribution in [1.29, 1.82) is 0 Å². The number of hydrogen-bond acceptors (Lipinski definition) is 4. The summed E-state index contributed by atoms with van der Waals surface area (Å²) < 4.78 is 13.5. The standard InChI is InChI=1S/C16H27N3O2/c1-13-14(12-17-18(13)2)15-6-5-8-19(15)9-11-21-16-7-3-4-10-20-16/h12,15-16H,3-11H2,1-2H3/t15-,16+/m1/s1. The molecule has 21 heavy (non-hydrogen) atoms. The summed E-state index contributed by atoms with van der Waals surface area (Å²) in [6, 6.07) is 0.509. The molecule has 2 atom stereocenters. The van der Waals surface area contributed by atoms with Crippen molar-refractivity contribution >= 4 is 0 Å². The van der Waals surface area contributed by atoms with E-state index in [4.69, 9.17) is 9.47 Å². The molecule has 5 nitrogen and oxygen atoms in total. The Kier molecular flexibility index (Phi) is 4.93. The molecule has 2 saturated heterocycles. The fraction of sp³-hybridized carbons (Fsp3) is 0.812. The molecule has 0 amide bonds. The van der Waals surface area contributed by atoms with Gasteiger partial charge in [0, 0.05) is 37.5 Å². The second-order valence-electron chi connectivity index (χ2n) is 6.17. The minimum Gasteiger partial charge on any atom is -0.353 e. The maximum absolute atomic E-state index is 5.88. The van der Waals surface area contributed by atoms with Crippen molar-refractivity contribution in [2.45, 2.75) is 51.4 Å². The van der Waals surface area contributed by atoms with Gasteiger partial charge in [-0.1, -0.05) is 0 Å². The minimum absolute atomic E-state index is 0.0277. The Labute approximate surface area is 127 Å². The van der Waals surface area contributed by atoms with Crippen molar-refractivity contribution in [3.05, 3.63) is 17.5 Å². The molecule has 0 radical (unpaired) electrons. The fourth-order valence-corrected chi connectivity index (χ4v) is 3.43. The van der Waals surface area contributed by atoms with Gasteiger partial charge >= 0.3 is 0 Å². The first kappa shape index (κ1) is 15.0. The van der Waals surface area contributed by atoms with Gasteiger partial charge in [-0.25, -0.2) is 0 Å². The lowest BCUT2D eigenvalue weighted by atomic mass is 10.1. The maximum atomic E-state index is 5.88. The van der Waals surface area contributed by atoms with Crippen LogP contribution in [0.5, 0.6) is 0 Å². The largest absolute Gasteiger partial charge is 0.353 e. The highest BCUT2D eigenvalue weighted by atomic mass is 16.7. The predicted molar refractivity (Wildman–Crippen MR) is 81.0 cm³/mol. The molecule has 0 bridgehead atoms. The summed E-state index contributed by atoms with van der Waals surface area (Å²) in [6.45, 7) is 5.92. The van der Waals surface area contributed by atoms with Crippen molar-refractivity contribution in [3.63, 3.8) is 0 Å². The van der Waals surface area contributed by atoms with E-state index in [2.05, 4.69) is 16.9 Å². The molecular formula is C16H27N3O2. The first-order valence-electron chi connectivity index (χ1n) is 8.21. The Balaban J connectivity index is 1.51. The highest BCUT2D eigenvalue weighted by Crippen LogP contribution is 2.33. The SMILES string of the molecule is Cc1c([C@H]2CCCN2CCO[C@H]2CCCCO2)cnn1C. The van der Waals surface area contributed by atoms with E-state index in [0.29, 0.717) is 6.04 Å². The van der Waals surface area contributed by atoms with E-state index in [1.54, 1.807) is 0 Å². The van der Waals surface area contributed by atoms with Gasteiger partial charge in [0.2, 0.25) is 0 Å². The highest BCUT2D eigenvalue weighted by Gasteiger charge is 2.28. The van der Waals surface area contributed by atoms with Crippen LogP contribution in [0.2, 0.25) is 0 Å². The number of aryl methyl sites for hydroxylation is 1. The van der Waals surface area contributed by atoms with Crippen LogP contribution in [0.1, 0.15) is 49.4 Å². The van der Waals surface area contributed by atoms with E-state index < -0.39 is 0 Å². The van der Waals surface area contributed by atoms with Gasteiger partial charge in [0.25, 0.3) is 0 Å². The van der Waals surface area contributed by atoms with Gasteiger partial charge in [0.05, 0.1) is 12.8 Å². The fourth-order valence-electron chi connectivity index (χ4n) is 3.43. The molecule has 1 aromatic heterocycles. The van der Waals surface area contributed by atoms with E-state index in [1.165, 1.54) is 36.9 Å². The summed E-state index contributed by atoms with van der Waals surface area (Å²) in [4.78, 5) is 2.53. The average Bonchev–Trinajstić information content (AvgIpc) is 3.08. The van der Waals surface area contributed by atoms with Crippen LogP contribution < -0.4 is 0 Å². The molecule has 0 unspecified atom stereocenters. The van der Waals surface area contributed by atoms with Crippen molar-refractivity contribution in [3.8, 4) is 0 Å². The number of rotatable bonds is 5. The molecule has 3 rings (SSSR count). The summed E-state index contributed by atoms with van der Waals surface area (Å²) in [6.07, 6.45) is 8.00. The summed E-state index contributed by atoms with van der Waals surface area (Å²) in [5, 5.41) is 4.39. The zero-order chi connectivity index (χ0) is 14.7. The second kappa shape index (κ2) is 6.90. The number of nitrogens with zero attached hydrogens (tertiary/aromatic N) is 3. The van der Waals surface area contributed by atoms with E-state index in [-0.39, 0.29) is 6.29 Å². The quantitative estimate of drug-likeness (QED) is 0.836. The van der Waals surface area contributed by atoms with Gasteiger partial charge in [0.1, 0.15) is 0 Å². The van der Waals surface area contributed by atoms with Crippen LogP contribution in [-0.4, -0.2) is 47.3 Å². The Bertz CT molecular complexity index is 454. The van der Waals surface area contributed by atoms with Crippen molar-refractivity contribution in [2.24, 2.45) is 7.05 Å². The number of ether oxygens (including phenoxy) is 2. The Hall–Kier alpha value is -0.910. The molecule has 3 heterocycles. The molecule has 2 aliphatic rings. The van der Waals surface area contributed by atoms with Gasteiger partial charge in [-0.2, -0.15) is 5.10 Å². The van der Waals surface area contributed by atoms with Gasteiger partial charge in [-0.05, 0) is 45.6 Å². The van der Waals surface area contributed by atoms with Crippen LogP contribution in [0.3, 0.4) is 0 Å². The topological polar surface area (TPSA) is 39.5 Å². The van der Waals surface area contributed by atoms with Crippen LogP contribution in [0.15, 0.2) is 6.20 Å². The molecular weight excluding hydrogens is 266 g/mol. The summed E-state index contributed by atoms with van der Waals surface area (Å²) in [5.74, 6) is 0. The number of hydrogen-bond donors (Lipinski definition) is 0. The van der Waals surface area contributed by atoms with Crippen LogP contribution in [0.4, 0.5) is 0 Å². The second-order valence-corrected chi connectivity index (χ2v) is 6.17. The summed E-state index contributed by atoms with van der Waals surface area (Å²) in [7, 11) is 2.02. The lowest BCUT2D eigenvalue weighted by Crippen LogP contribution is -2.30. The monoisotopic (exact) mass is 293 g/mol. The third-order valence-corrected chi connectivity index (χ3v) is 4.82. The molecule has 2 fully saturated rings. The molecule has 118 valence electrons. The molecule has 0 N–H and O–H groups in total. The average molecular weight is 293 g/mol. The Morgan fingerprint density at radius 1 is 1.33 bits per heavy atom. The molecule has 5 heteroatoms. The maximum Gasteiger partial charge on any atom is 0.157 e. The predicted octanol–water partition coefficient (Wildman–Crippen LogP) is 2.41. The summed E-state index contributed by atoms with van der Waals surface area (Å²) >= 11 is 0. The van der Waals surface area contributed by atoms with Crippen molar-refractivity contribution < 1.29 is 9.47 Å². The smallest absolute Gasteiger partial charge is 0.157 e. The summed E-state index contributed by atoms with van der Waals surface area (Å²) in [5.41, 5.74) is 2.66. The third-order valence-electron chi connectivity index (χ3n) is 4.82. The first-order valence-corrected chi connectivity index (χ1v) is 8.21. The van der Waals surface area contributed by atoms with E-state index in [0.717, 1.165) is 32.7 Å². The minimum atomic E-state index is 0.0277. The molecule has 0 aromatic carbocycles. The van der Waals surface area contributed by atoms with Gasteiger partial charge in [-0.15, -0.1) is 0 Å². The van der Waals surface area contributed by atoms with Crippen LogP contribution in [0.25, 0.3) is 0 Å². The molecule has 1 aromatic rings. The highest BCUT2D eigenvalue weighted by molar-refractivity contribution is 5.21. The van der Waals surface area contributed by atoms with Gasteiger partial charge in [-0.3, -0.25) is 9.58 Å². The Morgan fingerprint density at radius 3 is 2.95 bits per heavy atom. The zero-order valence-corrected chi connectivity index (χ0v) is 13.3. The lowest BCUT2D eigenvalue weighted by Gasteiger charge is -2.27. The van der Waals surface area contributed by atoms with Gasteiger partial charge < -0.3 is 9.47 Å². The Morgan fingerprint density at radius 2 is 2.24 bits per heavy atom. The lowest BCUT2D eigenvalue weighted by molar-refractivity contribution is -0.164. The van der Waals surface area contributed by atoms with Crippen molar-refractivity contribution in [2.75, 3.05) is 26.3 Å². The third kappa shape index (κ3) is 3.47.